The Kier molecular flexibility index (Phi) is 9.96. The van der Waals surface area contributed by atoms with Crippen LogP contribution in [0.1, 0.15) is 60.3 Å². The maximum Gasteiger partial charge on any atom is 0.411 e. The number of sulfone groups is 1. The number of nitrogens with two attached hydrogens (primary N) is 1. The minimum atomic E-state index is -3.85. The van der Waals surface area contributed by atoms with Crippen molar-refractivity contribution in [3.63, 3.8) is 0 Å². The van der Waals surface area contributed by atoms with Gasteiger partial charge in [-0.3, -0.25) is 14.9 Å². The lowest BCUT2D eigenvalue weighted by molar-refractivity contribution is -0.133. The van der Waals surface area contributed by atoms with Crippen LogP contribution < -0.4 is 21.1 Å². The number of anilines is 2. The first-order chi connectivity index (χ1) is 21.3. The number of amides is 3. The first kappa shape index (κ1) is 33.2. The van der Waals surface area contributed by atoms with Gasteiger partial charge >= 0.3 is 6.09 Å². The van der Waals surface area contributed by atoms with Gasteiger partial charge in [0.2, 0.25) is 11.8 Å². The monoisotopic (exact) mass is 644 g/mol. The molecule has 0 aromatic heterocycles. The van der Waals surface area contributed by atoms with E-state index < -0.39 is 56.7 Å². The van der Waals surface area contributed by atoms with E-state index in [9.17, 15) is 27.2 Å². The zero-order chi connectivity index (χ0) is 33.1. The van der Waals surface area contributed by atoms with Gasteiger partial charge in [-0.25, -0.2) is 22.0 Å². The molecule has 0 spiro atoms. The summed E-state index contributed by atoms with van der Waals surface area (Å²) in [6.07, 6.45) is 0.102. The third-order valence-corrected chi connectivity index (χ3v) is 9.80. The molecule has 4 N–H and O–H groups in total. The van der Waals surface area contributed by atoms with Crippen molar-refractivity contribution in [3.8, 4) is 5.75 Å². The standard InChI is InChI=1S/C31H34F2N4O7S/c1-17(2)45(41,42)27-12-9-20(35-31(40)44-4)16-21(27)25-6-5-13-37(25)30(39)28(18-7-11-23(33)26(15-18)43-3)36-24-14-19(29(34)38)8-10-22(24)32/h7-12,14-17,25,28,36H,5-6,13H2,1-4H3,(H2,34,38)(H,35,40). The SMILES string of the molecule is COC(=O)Nc1ccc(S(=O)(=O)C(C)C)c(C2CCCN2C(=O)C(Nc2cc(C(N)=O)ccc2F)c2ccc(F)c(OC)c2)c1. The van der Waals surface area contributed by atoms with Crippen molar-refractivity contribution in [1.29, 1.82) is 0 Å². The van der Waals surface area contributed by atoms with E-state index in [0.717, 1.165) is 18.2 Å². The Bertz CT molecular complexity index is 1730. The lowest BCUT2D eigenvalue weighted by atomic mass is 10.0. The molecule has 2 atom stereocenters. The molecular weight excluding hydrogens is 610 g/mol. The summed E-state index contributed by atoms with van der Waals surface area (Å²) in [6, 6.07) is 9.31. The molecule has 1 aliphatic heterocycles. The van der Waals surface area contributed by atoms with E-state index in [-0.39, 0.29) is 45.3 Å². The second-order valence-corrected chi connectivity index (χ2v) is 13.2. The van der Waals surface area contributed by atoms with Crippen LogP contribution in [0.15, 0.2) is 59.5 Å². The molecule has 0 bridgehead atoms. The van der Waals surface area contributed by atoms with Crippen molar-refractivity contribution in [1.82, 2.24) is 4.90 Å². The van der Waals surface area contributed by atoms with Gasteiger partial charge in [-0.15, -0.1) is 0 Å². The number of nitrogens with one attached hydrogen (secondary N) is 2. The maximum atomic E-state index is 15.0. The topological polar surface area (TPSA) is 157 Å². The normalized spacial score (nSPS) is 15.4. The molecule has 4 rings (SSSR count). The summed E-state index contributed by atoms with van der Waals surface area (Å²) in [5.74, 6) is -3.04. The van der Waals surface area contributed by atoms with Crippen molar-refractivity contribution in [2.45, 2.75) is 48.9 Å². The molecule has 45 heavy (non-hydrogen) atoms. The summed E-state index contributed by atoms with van der Waals surface area (Å²) in [7, 11) is -1.41. The van der Waals surface area contributed by atoms with Gasteiger partial charge in [0.05, 0.1) is 36.1 Å². The molecule has 1 aliphatic rings. The summed E-state index contributed by atoms with van der Waals surface area (Å²) in [6.45, 7) is 3.28. The Morgan fingerprint density at radius 3 is 2.36 bits per heavy atom. The Balaban J connectivity index is 1.84. The number of hydrogen-bond donors (Lipinski definition) is 3. The van der Waals surface area contributed by atoms with E-state index in [0.29, 0.717) is 12.8 Å². The lowest BCUT2D eigenvalue weighted by Crippen LogP contribution is -2.38. The molecule has 3 amide bonds. The molecule has 0 radical (unpaired) electrons. The van der Waals surface area contributed by atoms with Crippen LogP contribution in [0.2, 0.25) is 0 Å². The summed E-state index contributed by atoms with van der Waals surface area (Å²) in [4.78, 5) is 39.6. The van der Waals surface area contributed by atoms with Crippen LogP contribution in [0.5, 0.6) is 5.75 Å². The Labute approximate surface area is 259 Å². The molecule has 3 aromatic carbocycles. The van der Waals surface area contributed by atoms with Gasteiger partial charge in [-0.1, -0.05) is 6.07 Å². The number of primary amides is 1. The molecule has 14 heteroatoms. The molecule has 1 saturated heterocycles. The van der Waals surface area contributed by atoms with Crippen molar-refractivity contribution in [2.24, 2.45) is 5.73 Å². The summed E-state index contributed by atoms with van der Waals surface area (Å²) in [5, 5.41) is 4.58. The molecule has 2 unspecified atom stereocenters. The number of halogens is 2. The van der Waals surface area contributed by atoms with Crippen LogP contribution in [-0.4, -0.2) is 57.2 Å². The van der Waals surface area contributed by atoms with Crippen LogP contribution in [0.4, 0.5) is 25.0 Å². The smallest absolute Gasteiger partial charge is 0.411 e. The van der Waals surface area contributed by atoms with Crippen LogP contribution in [0, 0.1) is 11.6 Å². The number of nitrogens with zero attached hydrogens (tertiary/aromatic N) is 1. The molecule has 240 valence electrons. The van der Waals surface area contributed by atoms with E-state index >= 15 is 4.39 Å². The predicted molar refractivity (Wildman–Crippen MR) is 163 cm³/mol. The van der Waals surface area contributed by atoms with Gasteiger partial charge in [0.15, 0.2) is 21.4 Å². The van der Waals surface area contributed by atoms with E-state index in [1.165, 1.54) is 69.4 Å². The van der Waals surface area contributed by atoms with Crippen LogP contribution in [0.25, 0.3) is 0 Å². The first-order valence-electron chi connectivity index (χ1n) is 14.0. The number of methoxy groups -OCH3 is 2. The van der Waals surface area contributed by atoms with Gasteiger partial charge in [-0.05, 0) is 86.3 Å². The average Bonchev–Trinajstić information content (AvgIpc) is 3.50. The van der Waals surface area contributed by atoms with Crippen LogP contribution >= 0.6 is 0 Å². The molecule has 0 aliphatic carbocycles. The first-order valence-corrected chi connectivity index (χ1v) is 15.6. The molecule has 3 aromatic rings. The van der Waals surface area contributed by atoms with Gasteiger partial charge in [0.25, 0.3) is 0 Å². The van der Waals surface area contributed by atoms with Crippen molar-refractivity contribution in [3.05, 3.63) is 82.9 Å². The summed E-state index contributed by atoms with van der Waals surface area (Å²) >= 11 is 0. The van der Waals surface area contributed by atoms with Crippen LogP contribution in [-0.2, 0) is 19.4 Å². The van der Waals surface area contributed by atoms with E-state index in [4.69, 9.17) is 10.5 Å². The van der Waals surface area contributed by atoms with Gasteiger partial charge in [0, 0.05) is 17.8 Å². The van der Waals surface area contributed by atoms with E-state index in [2.05, 4.69) is 15.4 Å². The zero-order valence-electron chi connectivity index (χ0n) is 25.1. The highest BCUT2D eigenvalue weighted by atomic mass is 32.2. The lowest BCUT2D eigenvalue weighted by Gasteiger charge is -2.32. The Morgan fingerprint density at radius 1 is 1.00 bits per heavy atom. The van der Waals surface area contributed by atoms with E-state index in [1.54, 1.807) is 0 Å². The number of carbonyl (C=O) groups excluding carboxylic acids is 3. The third-order valence-electron chi connectivity index (χ3n) is 7.57. The van der Waals surface area contributed by atoms with Crippen molar-refractivity contribution >= 4 is 39.1 Å². The predicted octanol–water partition coefficient (Wildman–Crippen LogP) is 4.95. The minimum absolute atomic E-state index is 0.00854. The number of likely N-dealkylation sites (tertiary alicyclic amines) is 1. The molecule has 11 nitrogen and oxygen atoms in total. The molecular formula is C31H34F2N4O7S. The van der Waals surface area contributed by atoms with Gasteiger partial charge in [-0.2, -0.15) is 0 Å². The summed E-state index contributed by atoms with van der Waals surface area (Å²) in [5.41, 5.74) is 5.90. The van der Waals surface area contributed by atoms with E-state index in [1.807, 2.05) is 0 Å². The minimum Gasteiger partial charge on any atom is -0.494 e. The fourth-order valence-corrected chi connectivity index (χ4v) is 6.47. The fourth-order valence-electron chi connectivity index (χ4n) is 5.18. The third kappa shape index (κ3) is 7.00. The number of rotatable bonds is 10. The van der Waals surface area contributed by atoms with Crippen molar-refractivity contribution in [2.75, 3.05) is 31.4 Å². The number of carbonyl (C=O) groups is 3. The summed E-state index contributed by atoms with van der Waals surface area (Å²) < 4.78 is 66.1. The molecule has 1 heterocycles. The highest BCUT2D eigenvalue weighted by molar-refractivity contribution is 7.92. The largest absolute Gasteiger partial charge is 0.494 e. The second-order valence-electron chi connectivity index (χ2n) is 10.7. The molecule has 1 fully saturated rings. The van der Waals surface area contributed by atoms with Crippen molar-refractivity contribution < 1.29 is 41.1 Å². The zero-order valence-corrected chi connectivity index (χ0v) is 25.9. The fraction of sp³-hybridized carbons (Fsp3) is 0.323. The highest BCUT2D eigenvalue weighted by Crippen LogP contribution is 2.40. The van der Waals surface area contributed by atoms with Crippen LogP contribution in [0.3, 0.4) is 0 Å². The number of hydrogen-bond acceptors (Lipinski definition) is 8. The number of ether oxygens (including phenoxy) is 2. The Hall–Kier alpha value is -4.72. The number of benzene rings is 3. The Morgan fingerprint density at radius 2 is 1.71 bits per heavy atom. The van der Waals surface area contributed by atoms with Gasteiger partial charge in [0.1, 0.15) is 11.9 Å². The van der Waals surface area contributed by atoms with Gasteiger partial charge < -0.3 is 25.4 Å². The molecule has 0 saturated carbocycles. The maximum absolute atomic E-state index is 15.0. The second kappa shape index (κ2) is 13.5. The average molecular weight is 645 g/mol. The highest BCUT2D eigenvalue weighted by Gasteiger charge is 2.38. The quantitative estimate of drug-likeness (QED) is 0.280.